The van der Waals surface area contributed by atoms with Crippen molar-refractivity contribution >= 4 is 11.7 Å². The maximum Gasteiger partial charge on any atom is 0.322 e. The van der Waals surface area contributed by atoms with E-state index in [2.05, 4.69) is 10.2 Å². The van der Waals surface area contributed by atoms with Gasteiger partial charge < -0.3 is 24.4 Å². The van der Waals surface area contributed by atoms with E-state index >= 15 is 0 Å². The van der Waals surface area contributed by atoms with Crippen LogP contribution in [0.1, 0.15) is 22.8 Å². The molecule has 1 saturated heterocycles. The van der Waals surface area contributed by atoms with Gasteiger partial charge in [0.15, 0.2) is 24.2 Å². The van der Waals surface area contributed by atoms with Gasteiger partial charge in [-0.3, -0.25) is 4.90 Å². The molecule has 0 aliphatic carbocycles. The van der Waals surface area contributed by atoms with Crippen molar-refractivity contribution in [3.63, 3.8) is 0 Å². The summed E-state index contributed by atoms with van der Waals surface area (Å²) in [6, 6.07) is 15.4. The summed E-state index contributed by atoms with van der Waals surface area (Å²) >= 11 is 0. The number of nitrogens with zero attached hydrogens (tertiary/aromatic N) is 2. The Morgan fingerprint density at radius 2 is 1.74 bits per heavy atom. The number of carbonyl (C=O) groups excluding carboxylic acids is 1. The number of carbonyl (C=O) groups is 1. The summed E-state index contributed by atoms with van der Waals surface area (Å²) in [4.78, 5) is 16.7. The summed E-state index contributed by atoms with van der Waals surface area (Å²) in [7, 11) is 0. The molecule has 1 atom stereocenters. The Balaban J connectivity index is 1.14. The quantitative estimate of drug-likeness (QED) is 0.473. The Labute approximate surface area is 218 Å². The van der Waals surface area contributed by atoms with Crippen LogP contribution in [0.5, 0.6) is 5.75 Å². The number of nitrogens with one attached hydrogen (secondary N) is 1. The number of hydrogen-bond acceptors (Lipinski definition) is 5. The van der Waals surface area contributed by atoms with Crippen LogP contribution in [0.25, 0.3) is 0 Å². The summed E-state index contributed by atoms with van der Waals surface area (Å²) in [5.41, 5.74) is 2.21. The smallest absolute Gasteiger partial charge is 0.322 e. The number of hydrogen-bond donors (Lipinski definition) is 1. The van der Waals surface area contributed by atoms with E-state index in [1.54, 1.807) is 4.90 Å². The topological polar surface area (TPSA) is 63.3 Å². The van der Waals surface area contributed by atoms with Crippen LogP contribution in [0.4, 0.5) is 23.7 Å². The molecule has 7 nitrogen and oxygen atoms in total. The lowest BCUT2D eigenvalue weighted by Gasteiger charge is -2.35. The number of amides is 2. The SMILES string of the molecule is O=C(Nc1cc(F)cc2c1OCOC2)N1CCN(CCO[C@@H](c2ccccc2)c2ccc(F)c(F)c2)CC1. The zero-order valence-electron chi connectivity index (χ0n) is 20.7. The van der Waals surface area contributed by atoms with Crippen LogP contribution in [-0.4, -0.2) is 62.0 Å². The second kappa shape index (κ2) is 11.8. The van der Waals surface area contributed by atoms with Gasteiger partial charge in [-0.05, 0) is 29.3 Å². The van der Waals surface area contributed by atoms with Crippen LogP contribution in [0.3, 0.4) is 0 Å². The molecule has 2 heterocycles. The molecule has 1 N–H and O–H groups in total. The number of benzene rings is 3. The monoisotopic (exact) mass is 527 g/mol. The minimum absolute atomic E-state index is 0.0451. The van der Waals surface area contributed by atoms with Gasteiger partial charge in [0.2, 0.25) is 0 Å². The number of piperazine rings is 1. The largest absolute Gasteiger partial charge is 0.465 e. The van der Waals surface area contributed by atoms with E-state index in [4.69, 9.17) is 14.2 Å². The first-order valence-corrected chi connectivity index (χ1v) is 12.4. The van der Waals surface area contributed by atoms with Gasteiger partial charge >= 0.3 is 6.03 Å². The summed E-state index contributed by atoms with van der Waals surface area (Å²) in [5, 5.41) is 2.76. The molecule has 3 aromatic carbocycles. The maximum absolute atomic E-state index is 14.0. The van der Waals surface area contributed by atoms with E-state index in [-0.39, 0.29) is 25.1 Å². The molecule has 0 bridgehead atoms. The number of anilines is 1. The molecule has 1 fully saturated rings. The maximum atomic E-state index is 14.0. The van der Waals surface area contributed by atoms with Crippen LogP contribution < -0.4 is 10.1 Å². The van der Waals surface area contributed by atoms with Crippen LogP contribution in [-0.2, 0) is 16.1 Å². The molecule has 2 aliphatic rings. The lowest BCUT2D eigenvalue weighted by atomic mass is 10.0. The third kappa shape index (κ3) is 6.09. The molecule has 38 heavy (non-hydrogen) atoms. The molecule has 10 heteroatoms. The van der Waals surface area contributed by atoms with Gasteiger partial charge in [0.1, 0.15) is 11.9 Å². The molecule has 0 unspecified atom stereocenters. The summed E-state index contributed by atoms with van der Waals surface area (Å²) in [5.74, 6) is -1.87. The van der Waals surface area contributed by atoms with E-state index in [9.17, 15) is 18.0 Å². The van der Waals surface area contributed by atoms with Gasteiger partial charge in [0.25, 0.3) is 0 Å². The van der Waals surface area contributed by atoms with E-state index in [1.807, 2.05) is 30.3 Å². The molecular weight excluding hydrogens is 499 g/mol. The summed E-state index contributed by atoms with van der Waals surface area (Å²) in [6.07, 6.45) is -0.539. The Hall–Kier alpha value is -3.60. The first-order valence-electron chi connectivity index (χ1n) is 12.4. The van der Waals surface area contributed by atoms with Crippen molar-refractivity contribution in [3.05, 3.63) is 94.8 Å². The van der Waals surface area contributed by atoms with E-state index in [0.717, 1.165) is 17.7 Å². The average Bonchev–Trinajstić information content (AvgIpc) is 2.93. The fourth-order valence-corrected chi connectivity index (χ4v) is 4.63. The average molecular weight is 528 g/mol. The van der Waals surface area contributed by atoms with Gasteiger partial charge in [0.05, 0.1) is 18.9 Å². The molecule has 2 amide bonds. The second-order valence-electron chi connectivity index (χ2n) is 9.15. The Morgan fingerprint density at radius 3 is 2.50 bits per heavy atom. The Morgan fingerprint density at radius 1 is 0.947 bits per heavy atom. The fraction of sp³-hybridized carbons (Fsp3) is 0.321. The van der Waals surface area contributed by atoms with Crippen LogP contribution >= 0.6 is 0 Å². The highest BCUT2D eigenvalue weighted by molar-refractivity contribution is 5.91. The van der Waals surface area contributed by atoms with Crippen LogP contribution in [0, 0.1) is 17.5 Å². The zero-order valence-corrected chi connectivity index (χ0v) is 20.7. The van der Waals surface area contributed by atoms with Crippen molar-refractivity contribution < 1.29 is 32.2 Å². The van der Waals surface area contributed by atoms with Gasteiger partial charge in [-0.25, -0.2) is 18.0 Å². The first-order chi connectivity index (χ1) is 18.5. The molecule has 3 aromatic rings. The molecule has 0 saturated carbocycles. The van der Waals surface area contributed by atoms with E-state index in [0.29, 0.717) is 56.2 Å². The predicted octanol–water partition coefficient (Wildman–Crippen LogP) is 4.93. The number of urea groups is 1. The van der Waals surface area contributed by atoms with Gasteiger partial charge in [-0.1, -0.05) is 36.4 Å². The van der Waals surface area contributed by atoms with Crippen molar-refractivity contribution in [3.8, 4) is 5.75 Å². The Bertz CT molecular complexity index is 1270. The van der Waals surface area contributed by atoms with Crippen molar-refractivity contribution in [1.82, 2.24) is 9.80 Å². The fourth-order valence-electron chi connectivity index (χ4n) is 4.63. The van der Waals surface area contributed by atoms with Crippen LogP contribution in [0.15, 0.2) is 60.7 Å². The predicted molar refractivity (Wildman–Crippen MR) is 134 cm³/mol. The van der Waals surface area contributed by atoms with Gasteiger partial charge in [0, 0.05) is 44.4 Å². The van der Waals surface area contributed by atoms with Crippen molar-refractivity contribution in [2.45, 2.75) is 12.7 Å². The first kappa shape index (κ1) is 26.0. The third-order valence-electron chi connectivity index (χ3n) is 6.62. The van der Waals surface area contributed by atoms with E-state index < -0.39 is 23.6 Å². The summed E-state index contributed by atoms with van der Waals surface area (Å²) in [6.45, 7) is 3.46. The standard InChI is InChI=1S/C28H28F3N3O4/c29-22-14-21-17-36-18-38-27(21)25(16-22)32-28(35)34-10-8-33(9-11-34)12-13-37-26(19-4-2-1-3-5-19)20-6-7-23(30)24(31)15-20/h1-7,14-16,26H,8-13,17-18H2,(H,32,35)/t26-/m0/s1. The number of halogens is 3. The minimum Gasteiger partial charge on any atom is -0.465 e. The van der Waals surface area contributed by atoms with Crippen molar-refractivity contribution in [2.75, 3.05) is 51.4 Å². The van der Waals surface area contributed by atoms with E-state index in [1.165, 1.54) is 18.2 Å². The molecule has 200 valence electrons. The molecule has 0 aromatic heterocycles. The van der Waals surface area contributed by atoms with Crippen molar-refractivity contribution in [2.24, 2.45) is 0 Å². The number of rotatable bonds is 7. The lowest BCUT2D eigenvalue weighted by Crippen LogP contribution is -2.50. The zero-order chi connectivity index (χ0) is 26.5. The van der Waals surface area contributed by atoms with Gasteiger partial charge in [-0.2, -0.15) is 0 Å². The number of fused-ring (bicyclic) bond motifs is 1. The highest BCUT2D eigenvalue weighted by Crippen LogP contribution is 2.34. The Kier molecular flexibility index (Phi) is 8.11. The third-order valence-corrected chi connectivity index (χ3v) is 6.62. The molecular formula is C28H28F3N3O4. The molecule has 2 aliphatic heterocycles. The minimum atomic E-state index is -0.917. The highest BCUT2D eigenvalue weighted by atomic mass is 19.2. The second-order valence-corrected chi connectivity index (χ2v) is 9.15. The van der Waals surface area contributed by atoms with Crippen LogP contribution in [0.2, 0.25) is 0 Å². The van der Waals surface area contributed by atoms with Crippen molar-refractivity contribution in [1.29, 1.82) is 0 Å². The lowest BCUT2D eigenvalue weighted by molar-refractivity contribution is -0.0160. The molecule has 5 rings (SSSR count). The normalized spacial score (nSPS) is 16.4. The molecule has 0 radical (unpaired) electrons. The molecule has 0 spiro atoms. The summed E-state index contributed by atoms with van der Waals surface area (Å²) < 4.78 is 58.2. The highest BCUT2D eigenvalue weighted by Gasteiger charge is 2.25. The number of ether oxygens (including phenoxy) is 3. The van der Waals surface area contributed by atoms with Gasteiger partial charge in [-0.15, -0.1) is 0 Å².